The predicted octanol–water partition coefficient (Wildman–Crippen LogP) is 1.20. The van der Waals surface area contributed by atoms with Crippen molar-refractivity contribution in [3.63, 3.8) is 0 Å². The Morgan fingerprint density at radius 3 is 2.57 bits per heavy atom. The zero-order chi connectivity index (χ0) is 9.97. The number of aliphatic hydroxyl groups is 1. The zero-order valence-corrected chi connectivity index (χ0v) is 7.46. The molecule has 0 bridgehead atoms. The van der Waals surface area contributed by atoms with E-state index in [1.807, 2.05) is 18.2 Å². The second-order valence-corrected chi connectivity index (χ2v) is 3.12. The fourth-order valence-corrected chi connectivity index (χ4v) is 1.40. The Bertz CT molecular complexity index is 356. The van der Waals surface area contributed by atoms with E-state index >= 15 is 0 Å². The summed E-state index contributed by atoms with van der Waals surface area (Å²) in [5.41, 5.74) is 0.747. The van der Waals surface area contributed by atoms with E-state index in [1.165, 1.54) is 6.08 Å². The van der Waals surface area contributed by atoms with Gasteiger partial charge in [0.1, 0.15) is 6.10 Å². The summed E-state index contributed by atoms with van der Waals surface area (Å²) in [6.07, 6.45) is 1.57. The second kappa shape index (κ2) is 3.64. The van der Waals surface area contributed by atoms with Crippen LogP contribution in [0, 0.1) is 0 Å². The summed E-state index contributed by atoms with van der Waals surface area (Å²) >= 11 is 0. The molecule has 3 nitrogen and oxygen atoms in total. The molecule has 0 aromatic heterocycles. The minimum absolute atomic E-state index is 0.398. The highest BCUT2D eigenvalue weighted by atomic mass is 16.6. The summed E-state index contributed by atoms with van der Waals surface area (Å²) in [6, 6.07) is 9.13. The minimum Gasteiger partial charge on any atom is -0.452 e. The van der Waals surface area contributed by atoms with E-state index in [0.717, 1.165) is 5.56 Å². The molecule has 1 aromatic carbocycles. The summed E-state index contributed by atoms with van der Waals surface area (Å²) in [5.74, 6) is -0.398. The van der Waals surface area contributed by atoms with Crippen LogP contribution in [-0.2, 0) is 9.53 Å². The molecule has 1 aromatic rings. The molecule has 3 heteroatoms. The Morgan fingerprint density at radius 1 is 1.29 bits per heavy atom. The van der Waals surface area contributed by atoms with E-state index in [0.29, 0.717) is 0 Å². The monoisotopic (exact) mass is 190 g/mol. The standard InChI is InChI=1S/C11H10O3/c12-10-7-6-9(14-10)11(13)8-4-2-1-3-5-8/h1-7,9,11,13H/t9-,11?/m1/s1. The number of hydrogen-bond acceptors (Lipinski definition) is 3. The molecule has 0 saturated heterocycles. The van der Waals surface area contributed by atoms with E-state index in [9.17, 15) is 9.90 Å². The van der Waals surface area contributed by atoms with Gasteiger partial charge in [-0.3, -0.25) is 0 Å². The van der Waals surface area contributed by atoms with Gasteiger partial charge >= 0.3 is 5.97 Å². The van der Waals surface area contributed by atoms with Crippen molar-refractivity contribution in [2.24, 2.45) is 0 Å². The van der Waals surface area contributed by atoms with Crippen LogP contribution in [0.4, 0.5) is 0 Å². The van der Waals surface area contributed by atoms with Crippen molar-refractivity contribution in [3.05, 3.63) is 48.0 Å². The normalized spacial score (nSPS) is 22.1. The van der Waals surface area contributed by atoms with Gasteiger partial charge in [-0.15, -0.1) is 0 Å². The molecule has 1 aliphatic rings. The van der Waals surface area contributed by atoms with E-state index in [2.05, 4.69) is 0 Å². The molecule has 0 aliphatic carbocycles. The molecule has 0 amide bonds. The van der Waals surface area contributed by atoms with Gasteiger partial charge in [-0.25, -0.2) is 4.79 Å². The molecule has 72 valence electrons. The first-order valence-corrected chi connectivity index (χ1v) is 4.39. The third-order valence-electron chi connectivity index (χ3n) is 2.13. The summed E-state index contributed by atoms with van der Waals surface area (Å²) in [4.78, 5) is 10.8. The molecule has 0 spiro atoms. The van der Waals surface area contributed by atoms with E-state index < -0.39 is 18.2 Å². The van der Waals surface area contributed by atoms with Gasteiger partial charge in [-0.1, -0.05) is 30.3 Å². The molecule has 0 fully saturated rings. The van der Waals surface area contributed by atoms with Crippen LogP contribution in [0.1, 0.15) is 11.7 Å². The highest BCUT2D eigenvalue weighted by Gasteiger charge is 2.25. The maximum atomic E-state index is 10.8. The molecule has 0 radical (unpaired) electrons. The van der Waals surface area contributed by atoms with Crippen molar-refractivity contribution in [1.29, 1.82) is 0 Å². The van der Waals surface area contributed by atoms with Crippen LogP contribution in [0.25, 0.3) is 0 Å². The first-order chi connectivity index (χ1) is 6.77. The lowest BCUT2D eigenvalue weighted by atomic mass is 10.1. The van der Waals surface area contributed by atoms with Gasteiger partial charge in [0.2, 0.25) is 0 Å². The van der Waals surface area contributed by atoms with E-state index in [1.54, 1.807) is 18.2 Å². The molecule has 0 saturated carbocycles. The summed E-state index contributed by atoms with van der Waals surface area (Å²) in [5, 5.41) is 9.81. The van der Waals surface area contributed by atoms with Crippen LogP contribution in [0.5, 0.6) is 0 Å². The number of carbonyl (C=O) groups excluding carboxylic acids is 1. The van der Waals surface area contributed by atoms with Crippen molar-refractivity contribution in [2.75, 3.05) is 0 Å². The highest BCUT2D eigenvalue weighted by Crippen LogP contribution is 2.22. The smallest absolute Gasteiger partial charge is 0.331 e. The third-order valence-corrected chi connectivity index (χ3v) is 2.13. The molecule has 2 atom stereocenters. The predicted molar refractivity (Wildman–Crippen MR) is 50.4 cm³/mol. The van der Waals surface area contributed by atoms with Crippen LogP contribution < -0.4 is 0 Å². The molecule has 2 rings (SSSR count). The minimum atomic E-state index is -0.779. The molecular formula is C11H10O3. The molecule has 14 heavy (non-hydrogen) atoms. The number of rotatable bonds is 2. The maximum absolute atomic E-state index is 10.8. The number of carbonyl (C=O) groups is 1. The lowest BCUT2D eigenvalue weighted by molar-refractivity contribution is -0.142. The number of benzene rings is 1. The molecule has 1 aliphatic heterocycles. The summed E-state index contributed by atoms with van der Waals surface area (Å²) in [7, 11) is 0. The largest absolute Gasteiger partial charge is 0.452 e. The Kier molecular flexibility index (Phi) is 2.33. The Balaban J connectivity index is 2.13. The molecule has 1 heterocycles. The number of esters is 1. The fourth-order valence-electron chi connectivity index (χ4n) is 1.40. The highest BCUT2D eigenvalue weighted by molar-refractivity contribution is 5.84. The lowest BCUT2D eigenvalue weighted by Crippen LogP contribution is -2.17. The first kappa shape index (κ1) is 8.97. The van der Waals surface area contributed by atoms with Crippen LogP contribution in [0.15, 0.2) is 42.5 Å². The van der Waals surface area contributed by atoms with Gasteiger partial charge in [0.05, 0.1) is 0 Å². The number of ether oxygens (including phenoxy) is 1. The van der Waals surface area contributed by atoms with Gasteiger partial charge in [-0.05, 0) is 11.6 Å². The van der Waals surface area contributed by atoms with Crippen molar-refractivity contribution in [1.82, 2.24) is 0 Å². The molecule has 1 N–H and O–H groups in total. The number of cyclic esters (lactones) is 1. The first-order valence-electron chi connectivity index (χ1n) is 4.39. The van der Waals surface area contributed by atoms with Crippen molar-refractivity contribution in [2.45, 2.75) is 12.2 Å². The fraction of sp³-hybridized carbons (Fsp3) is 0.182. The Labute approximate surface area is 81.6 Å². The Morgan fingerprint density at radius 2 is 2.00 bits per heavy atom. The number of aliphatic hydroxyl groups excluding tert-OH is 1. The molecular weight excluding hydrogens is 180 g/mol. The van der Waals surface area contributed by atoms with Crippen LogP contribution >= 0.6 is 0 Å². The average Bonchev–Trinajstić information content (AvgIpc) is 2.65. The lowest BCUT2D eigenvalue weighted by Gasteiger charge is -2.16. The van der Waals surface area contributed by atoms with Crippen molar-refractivity contribution >= 4 is 5.97 Å². The van der Waals surface area contributed by atoms with Crippen molar-refractivity contribution in [3.8, 4) is 0 Å². The zero-order valence-electron chi connectivity index (χ0n) is 7.46. The van der Waals surface area contributed by atoms with Gasteiger partial charge < -0.3 is 9.84 Å². The number of hydrogen-bond donors (Lipinski definition) is 1. The van der Waals surface area contributed by atoms with Gasteiger partial charge in [-0.2, -0.15) is 0 Å². The van der Waals surface area contributed by atoms with Crippen molar-refractivity contribution < 1.29 is 14.6 Å². The quantitative estimate of drug-likeness (QED) is 0.713. The van der Waals surface area contributed by atoms with Crippen LogP contribution in [0.3, 0.4) is 0 Å². The topological polar surface area (TPSA) is 46.5 Å². The van der Waals surface area contributed by atoms with Gasteiger partial charge in [0, 0.05) is 6.08 Å². The summed E-state index contributed by atoms with van der Waals surface area (Å²) in [6.45, 7) is 0. The van der Waals surface area contributed by atoms with Gasteiger partial charge in [0.25, 0.3) is 0 Å². The van der Waals surface area contributed by atoms with Crippen LogP contribution in [-0.4, -0.2) is 17.2 Å². The maximum Gasteiger partial charge on any atom is 0.331 e. The second-order valence-electron chi connectivity index (χ2n) is 3.12. The third kappa shape index (κ3) is 1.67. The van der Waals surface area contributed by atoms with Crippen LogP contribution in [0.2, 0.25) is 0 Å². The summed E-state index contributed by atoms with van der Waals surface area (Å²) < 4.78 is 4.88. The average molecular weight is 190 g/mol. The van der Waals surface area contributed by atoms with Gasteiger partial charge in [0.15, 0.2) is 6.10 Å². The SMILES string of the molecule is O=C1C=C[C@H](C(O)c2ccccc2)O1. The van der Waals surface area contributed by atoms with E-state index in [-0.39, 0.29) is 0 Å². The Hall–Kier alpha value is -1.61. The van der Waals surface area contributed by atoms with E-state index in [4.69, 9.17) is 4.74 Å². The molecule has 1 unspecified atom stereocenters.